The molecule has 0 radical (unpaired) electrons. The van der Waals surface area contributed by atoms with E-state index in [1.54, 1.807) is 12.1 Å². The molecule has 0 fully saturated rings. The first-order valence-electron chi connectivity index (χ1n) is 7.19. The van der Waals surface area contributed by atoms with E-state index >= 15 is 0 Å². The van der Waals surface area contributed by atoms with Crippen LogP contribution in [0.2, 0.25) is 0 Å². The van der Waals surface area contributed by atoms with Crippen LogP contribution in [0, 0.1) is 11.2 Å². The molecule has 0 bridgehead atoms. The first-order chi connectivity index (χ1) is 10.2. The van der Waals surface area contributed by atoms with Gasteiger partial charge in [-0.2, -0.15) is 0 Å². The van der Waals surface area contributed by atoms with Gasteiger partial charge in [0.05, 0.1) is 0 Å². The van der Waals surface area contributed by atoms with Crippen LogP contribution in [-0.2, 0) is 16.1 Å². The number of benzene rings is 1. The molecule has 0 saturated heterocycles. The van der Waals surface area contributed by atoms with Crippen molar-refractivity contribution in [2.75, 3.05) is 6.54 Å². The maximum absolute atomic E-state index is 13.5. The predicted octanol–water partition coefficient (Wildman–Crippen LogP) is 3.15. The van der Waals surface area contributed by atoms with Crippen LogP contribution in [0.3, 0.4) is 0 Å². The van der Waals surface area contributed by atoms with E-state index in [2.05, 4.69) is 26.6 Å². The van der Waals surface area contributed by atoms with Crippen molar-refractivity contribution in [3.63, 3.8) is 0 Å². The van der Waals surface area contributed by atoms with E-state index in [-0.39, 0.29) is 24.2 Å². The molecule has 1 aromatic carbocycles. The van der Waals surface area contributed by atoms with Crippen molar-refractivity contribution in [2.24, 2.45) is 5.41 Å². The molecule has 22 heavy (non-hydrogen) atoms. The van der Waals surface area contributed by atoms with Crippen molar-refractivity contribution in [3.05, 3.63) is 34.1 Å². The fourth-order valence-electron chi connectivity index (χ4n) is 1.68. The first-order valence-corrected chi connectivity index (χ1v) is 7.98. The molecule has 0 aromatic heterocycles. The van der Waals surface area contributed by atoms with Crippen LogP contribution in [0.25, 0.3) is 0 Å². The summed E-state index contributed by atoms with van der Waals surface area (Å²) in [5.74, 6) is -0.547. The van der Waals surface area contributed by atoms with E-state index in [1.807, 2.05) is 20.8 Å². The maximum atomic E-state index is 13.5. The van der Waals surface area contributed by atoms with Gasteiger partial charge in [-0.15, -0.1) is 0 Å². The minimum atomic E-state index is -0.430. The molecule has 2 amide bonds. The van der Waals surface area contributed by atoms with Crippen molar-refractivity contribution in [1.82, 2.24) is 10.6 Å². The number of carbonyl (C=O) groups excluding carboxylic acids is 2. The van der Waals surface area contributed by atoms with Crippen LogP contribution in [0.4, 0.5) is 4.39 Å². The molecule has 0 unspecified atom stereocenters. The quantitative estimate of drug-likeness (QED) is 0.753. The van der Waals surface area contributed by atoms with Crippen molar-refractivity contribution in [1.29, 1.82) is 0 Å². The van der Waals surface area contributed by atoms with Gasteiger partial charge in [0.25, 0.3) is 0 Å². The van der Waals surface area contributed by atoms with E-state index in [1.165, 1.54) is 6.07 Å². The molecule has 122 valence electrons. The number of hydrogen-bond acceptors (Lipinski definition) is 2. The molecule has 6 heteroatoms. The number of carbonyl (C=O) groups is 2. The minimum absolute atomic E-state index is 0.0379. The minimum Gasteiger partial charge on any atom is -0.356 e. The maximum Gasteiger partial charge on any atom is 0.225 e. The van der Waals surface area contributed by atoms with Crippen LogP contribution >= 0.6 is 15.9 Å². The molecule has 1 rings (SSSR count). The largest absolute Gasteiger partial charge is 0.356 e. The third kappa shape index (κ3) is 6.56. The highest BCUT2D eigenvalue weighted by atomic mass is 79.9. The van der Waals surface area contributed by atoms with Gasteiger partial charge in [0.15, 0.2) is 0 Å². The zero-order chi connectivity index (χ0) is 16.8. The molecule has 0 spiro atoms. The van der Waals surface area contributed by atoms with Crippen molar-refractivity contribution < 1.29 is 14.0 Å². The van der Waals surface area contributed by atoms with Crippen LogP contribution in [-0.4, -0.2) is 18.4 Å². The van der Waals surface area contributed by atoms with Gasteiger partial charge in [0.1, 0.15) is 5.82 Å². The molecule has 0 aliphatic rings. The Kier molecular flexibility index (Phi) is 7.00. The number of halogens is 2. The molecule has 2 N–H and O–H groups in total. The topological polar surface area (TPSA) is 58.2 Å². The van der Waals surface area contributed by atoms with E-state index in [0.717, 1.165) is 4.47 Å². The predicted molar refractivity (Wildman–Crippen MR) is 87.6 cm³/mol. The van der Waals surface area contributed by atoms with Crippen molar-refractivity contribution in [2.45, 2.75) is 40.2 Å². The lowest BCUT2D eigenvalue weighted by Crippen LogP contribution is -2.35. The van der Waals surface area contributed by atoms with E-state index < -0.39 is 5.41 Å². The number of amides is 2. The Bertz CT molecular complexity index is 541. The Balaban J connectivity index is 2.27. The van der Waals surface area contributed by atoms with Gasteiger partial charge in [-0.05, 0) is 24.6 Å². The SMILES string of the molecule is CC(C)(C)C(=O)NCCCC(=O)NCc1cc(Br)ccc1F. The standard InChI is InChI=1S/C16H22BrFN2O2/c1-16(2,3)15(22)19-8-4-5-14(21)20-10-11-9-12(17)6-7-13(11)18/h6-7,9H,4-5,8,10H2,1-3H3,(H,19,22)(H,20,21). The van der Waals surface area contributed by atoms with Gasteiger partial charge in [-0.1, -0.05) is 36.7 Å². The highest BCUT2D eigenvalue weighted by Crippen LogP contribution is 2.15. The second kappa shape index (κ2) is 8.27. The summed E-state index contributed by atoms with van der Waals surface area (Å²) in [7, 11) is 0. The summed E-state index contributed by atoms with van der Waals surface area (Å²) < 4.78 is 14.3. The monoisotopic (exact) mass is 372 g/mol. The average molecular weight is 373 g/mol. The van der Waals surface area contributed by atoms with Gasteiger partial charge in [0, 0.05) is 35.0 Å². The molecular weight excluding hydrogens is 351 g/mol. The third-order valence-electron chi connectivity index (χ3n) is 3.03. The molecule has 0 aliphatic heterocycles. The molecule has 1 aromatic rings. The smallest absolute Gasteiger partial charge is 0.225 e. The van der Waals surface area contributed by atoms with Gasteiger partial charge in [-0.25, -0.2) is 4.39 Å². The highest BCUT2D eigenvalue weighted by Gasteiger charge is 2.20. The Labute approximate surface area is 139 Å². The Morgan fingerprint density at radius 3 is 2.55 bits per heavy atom. The second-order valence-corrected chi connectivity index (χ2v) is 7.04. The molecular formula is C16H22BrFN2O2. The summed E-state index contributed by atoms with van der Waals surface area (Å²) >= 11 is 3.26. The van der Waals surface area contributed by atoms with Crippen LogP contribution < -0.4 is 10.6 Å². The molecule has 0 aliphatic carbocycles. The van der Waals surface area contributed by atoms with Crippen molar-refractivity contribution in [3.8, 4) is 0 Å². The van der Waals surface area contributed by atoms with E-state index in [9.17, 15) is 14.0 Å². The third-order valence-corrected chi connectivity index (χ3v) is 3.52. The van der Waals surface area contributed by atoms with Crippen LogP contribution in [0.1, 0.15) is 39.2 Å². The Hall–Kier alpha value is -1.43. The number of rotatable bonds is 6. The fraction of sp³-hybridized carbons (Fsp3) is 0.500. The average Bonchev–Trinajstić information content (AvgIpc) is 2.43. The van der Waals surface area contributed by atoms with Crippen LogP contribution in [0.5, 0.6) is 0 Å². The fourth-order valence-corrected chi connectivity index (χ4v) is 2.09. The van der Waals surface area contributed by atoms with Crippen molar-refractivity contribution >= 4 is 27.7 Å². The lowest BCUT2D eigenvalue weighted by Gasteiger charge is -2.17. The number of hydrogen-bond donors (Lipinski definition) is 2. The van der Waals surface area contributed by atoms with Crippen LogP contribution in [0.15, 0.2) is 22.7 Å². The van der Waals surface area contributed by atoms with E-state index in [4.69, 9.17) is 0 Å². The highest BCUT2D eigenvalue weighted by molar-refractivity contribution is 9.10. The summed E-state index contributed by atoms with van der Waals surface area (Å²) in [5.41, 5.74) is 0.00396. The van der Waals surface area contributed by atoms with Gasteiger partial charge in [0.2, 0.25) is 11.8 Å². The lowest BCUT2D eigenvalue weighted by atomic mass is 9.96. The normalized spacial score (nSPS) is 11.1. The first kappa shape index (κ1) is 18.6. The summed E-state index contributed by atoms with van der Waals surface area (Å²) in [5, 5.41) is 5.46. The summed E-state index contributed by atoms with van der Waals surface area (Å²) in [6.45, 7) is 6.11. The summed E-state index contributed by atoms with van der Waals surface area (Å²) in [6.07, 6.45) is 0.842. The molecule has 4 nitrogen and oxygen atoms in total. The second-order valence-electron chi connectivity index (χ2n) is 6.12. The van der Waals surface area contributed by atoms with E-state index in [0.29, 0.717) is 24.9 Å². The Morgan fingerprint density at radius 2 is 1.91 bits per heavy atom. The van der Waals surface area contributed by atoms with Gasteiger partial charge >= 0.3 is 0 Å². The summed E-state index contributed by atoms with van der Waals surface area (Å²) in [6, 6.07) is 4.60. The number of nitrogens with one attached hydrogen (secondary N) is 2. The molecule has 0 atom stereocenters. The zero-order valence-corrected chi connectivity index (χ0v) is 14.7. The van der Waals surface area contributed by atoms with Gasteiger partial charge in [-0.3, -0.25) is 9.59 Å². The lowest BCUT2D eigenvalue weighted by molar-refractivity contribution is -0.128. The molecule has 0 heterocycles. The summed E-state index contributed by atoms with van der Waals surface area (Å²) in [4.78, 5) is 23.3. The molecule has 0 saturated carbocycles. The zero-order valence-electron chi connectivity index (χ0n) is 13.1. The Morgan fingerprint density at radius 1 is 1.23 bits per heavy atom. The van der Waals surface area contributed by atoms with Gasteiger partial charge < -0.3 is 10.6 Å².